The Bertz CT molecular complexity index is 392. The molecule has 1 aromatic carbocycles. The minimum Gasteiger partial charge on any atom is -0.497 e. The van der Waals surface area contributed by atoms with Crippen LogP contribution >= 0.6 is 12.4 Å². The van der Waals surface area contributed by atoms with E-state index in [9.17, 15) is 0 Å². The second kappa shape index (κ2) is 7.73. The summed E-state index contributed by atoms with van der Waals surface area (Å²) < 4.78 is 5.29. The van der Waals surface area contributed by atoms with Crippen LogP contribution in [-0.4, -0.2) is 38.2 Å². The van der Waals surface area contributed by atoms with E-state index in [1.165, 1.54) is 17.5 Å². The summed E-state index contributed by atoms with van der Waals surface area (Å²) in [5.74, 6) is 0.959. The van der Waals surface area contributed by atoms with Crippen molar-refractivity contribution in [1.82, 2.24) is 10.2 Å². The smallest absolute Gasteiger partial charge is 0.119 e. The van der Waals surface area contributed by atoms with Gasteiger partial charge in [-0.25, -0.2) is 0 Å². The summed E-state index contributed by atoms with van der Waals surface area (Å²) >= 11 is 0. The third-order valence-corrected chi connectivity index (χ3v) is 3.87. The number of rotatable bonds is 5. The van der Waals surface area contributed by atoms with E-state index in [1.54, 1.807) is 7.11 Å². The molecular formula is C15H25ClN2O. The summed E-state index contributed by atoms with van der Waals surface area (Å²) in [5, 5.41) is 3.42. The molecule has 1 N–H and O–H groups in total. The summed E-state index contributed by atoms with van der Waals surface area (Å²) in [6.07, 6.45) is 2.32. The molecule has 1 atom stereocenters. The summed E-state index contributed by atoms with van der Waals surface area (Å²) in [5.41, 5.74) is 2.82. The van der Waals surface area contributed by atoms with E-state index in [0.29, 0.717) is 6.04 Å². The first-order valence-electron chi connectivity index (χ1n) is 6.81. The van der Waals surface area contributed by atoms with Crippen LogP contribution in [0.1, 0.15) is 24.5 Å². The van der Waals surface area contributed by atoms with E-state index in [4.69, 9.17) is 4.74 Å². The van der Waals surface area contributed by atoms with Crippen LogP contribution in [0.3, 0.4) is 0 Å². The third kappa shape index (κ3) is 4.10. The normalized spacial score (nSPS) is 18.4. The van der Waals surface area contributed by atoms with E-state index >= 15 is 0 Å². The van der Waals surface area contributed by atoms with E-state index < -0.39 is 0 Å². The number of nitrogens with one attached hydrogen (secondary N) is 1. The highest BCUT2D eigenvalue weighted by molar-refractivity contribution is 5.85. The Hall–Kier alpha value is -0.770. The van der Waals surface area contributed by atoms with E-state index in [-0.39, 0.29) is 12.4 Å². The molecule has 0 amide bonds. The SMILES string of the molecule is CCc1cc(OC)ccc1CN(C)C1CCNC1.Cl. The van der Waals surface area contributed by atoms with Crippen LogP contribution in [0.2, 0.25) is 0 Å². The van der Waals surface area contributed by atoms with Crippen LogP contribution in [-0.2, 0) is 13.0 Å². The second-order valence-corrected chi connectivity index (χ2v) is 5.05. The lowest BCUT2D eigenvalue weighted by molar-refractivity contribution is 0.248. The van der Waals surface area contributed by atoms with Crippen LogP contribution in [0.4, 0.5) is 0 Å². The van der Waals surface area contributed by atoms with Gasteiger partial charge in [-0.05, 0) is 49.7 Å². The van der Waals surface area contributed by atoms with Crippen molar-refractivity contribution in [3.8, 4) is 5.75 Å². The first kappa shape index (κ1) is 16.3. The molecule has 1 aromatic rings. The molecule has 3 nitrogen and oxygen atoms in total. The van der Waals surface area contributed by atoms with Gasteiger partial charge in [0.25, 0.3) is 0 Å². The van der Waals surface area contributed by atoms with Gasteiger partial charge in [-0.2, -0.15) is 0 Å². The minimum absolute atomic E-state index is 0. The monoisotopic (exact) mass is 284 g/mol. The zero-order valence-electron chi connectivity index (χ0n) is 12.1. The van der Waals surface area contributed by atoms with Crippen molar-refractivity contribution >= 4 is 12.4 Å². The zero-order chi connectivity index (χ0) is 13.0. The molecule has 1 aliphatic heterocycles. The van der Waals surface area contributed by atoms with Crippen molar-refractivity contribution in [2.75, 3.05) is 27.2 Å². The molecule has 0 saturated carbocycles. The molecule has 2 rings (SSSR count). The van der Waals surface area contributed by atoms with Gasteiger partial charge in [-0.1, -0.05) is 13.0 Å². The van der Waals surface area contributed by atoms with Crippen molar-refractivity contribution < 1.29 is 4.74 Å². The van der Waals surface area contributed by atoms with Gasteiger partial charge in [0.05, 0.1) is 7.11 Å². The molecule has 1 heterocycles. The average Bonchev–Trinajstić information content (AvgIpc) is 2.93. The molecule has 108 valence electrons. The summed E-state index contributed by atoms with van der Waals surface area (Å²) in [6, 6.07) is 7.11. The van der Waals surface area contributed by atoms with Gasteiger partial charge in [-0.3, -0.25) is 4.90 Å². The highest BCUT2D eigenvalue weighted by Crippen LogP contribution is 2.20. The highest BCUT2D eigenvalue weighted by Gasteiger charge is 2.19. The molecule has 0 aromatic heterocycles. The molecule has 0 radical (unpaired) electrons. The fourth-order valence-electron chi connectivity index (χ4n) is 2.63. The minimum atomic E-state index is 0. The van der Waals surface area contributed by atoms with Crippen molar-refractivity contribution in [1.29, 1.82) is 0 Å². The molecule has 0 bridgehead atoms. The second-order valence-electron chi connectivity index (χ2n) is 5.05. The number of benzene rings is 1. The molecule has 1 saturated heterocycles. The quantitative estimate of drug-likeness (QED) is 0.899. The van der Waals surface area contributed by atoms with Crippen LogP contribution < -0.4 is 10.1 Å². The highest BCUT2D eigenvalue weighted by atomic mass is 35.5. The van der Waals surface area contributed by atoms with Gasteiger partial charge >= 0.3 is 0 Å². The summed E-state index contributed by atoms with van der Waals surface area (Å²) in [4.78, 5) is 2.46. The predicted octanol–water partition coefficient (Wildman–Crippen LogP) is 2.47. The predicted molar refractivity (Wildman–Crippen MR) is 82.4 cm³/mol. The maximum Gasteiger partial charge on any atom is 0.119 e. The third-order valence-electron chi connectivity index (χ3n) is 3.87. The van der Waals surface area contributed by atoms with Gasteiger partial charge in [0.1, 0.15) is 5.75 Å². The lowest BCUT2D eigenvalue weighted by Crippen LogP contribution is -2.33. The fraction of sp³-hybridized carbons (Fsp3) is 0.600. The Kier molecular flexibility index (Phi) is 6.63. The number of hydrogen-bond acceptors (Lipinski definition) is 3. The number of hydrogen-bond donors (Lipinski definition) is 1. The van der Waals surface area contributed by atoms with Crippen molar-refractivity contribution in [2.24, 2.45) is 0 Å². The molecule has 1 aliphatic rings. The van der Waals surface area contributed by atoms with E-state index in [0.717, 1.165) is 31.8 Å². The number of methoxy groups -OCH3 is 1. The van der Waals surface area contributed by atoms with Crippen LogP contribution in [0.15, 0.2) is 18.2 Å². The van der Waals surface area contributed by atoms with Gasteiger partial charge in [0, 0.05) is 19.1 Å². The Morgan fingerprint density at radius 2 is 2.16 bits per heavy atom. The summed E-state index contributed by atoms with van der Waals surface area (Å²) in [6.45, 7) is 5.50. The van der Waals surface area contributed by atoms with Crippen molar-refractivity contribution in [3.63, 3.8) is 0 Å². The number of halogens is 1. The van der Waals surface area contributed by atoms with Crippen molar-refractivity contribution in [3.05, 3.63) is 29.3 Å². The van der Waals surface area contributed by atoms with Crippen molar-refractivity contribution in [2.45, 2.75) is 32.4 Å². The van der Waals surface area contributed by atoms with Crippen LogP contribution in [0.5, 0.6) is 5.75 Å². The van der Waals surface area contributed by atoms with Crippen LogP contribution in [0.25, 0.3) is 0 Å². The maximum atomic E-state index is 5.29. The lowest BCUT2D eigenvalue weighted by Gasteiger charge is -2.24. The standard InChI is InChI=1S/C15H24N2O.ClH/c1-4-12-9-15(18-3)6-5-13(12)11-17(2)14-7-8-16-10-14;/h5-6,9,14,16H,4,7-8,10-11H2,1-3H3;1H. The molecule has 1 fully saturated rings. The average molecular weight is 285 g/mol. The lowest BCUT2D eigenvalue weighted by atomic mass is 10.0. The molecule has 0 spiro atoms. The zero-order valence-corrected chi connectivity index (χ0v) is 12.9. The Morgan fingerprint density at radius 3 is 2.74 bits per heavy atom. The topological polar surface area (TPSA) is 24.5 Å². The van der Waals surface area contributed by atoms with E-state index in [2.05, 4.69) is 42.4 Å². The Labute approximate surface area is 122 Å². The maximum absolute atomic E-state index is 5.29. The van der Waals surface area contributed by atoms with Gasteiger partial charge in [0.15, 0.2) is 0 Å². The largest absolute Gasteiger partial charge is 0.497 e. The number of aryl methyl sites for hydroxylation is 1. The molecule has 19 heavy (non-hydrogen) atoms. The molecule has 0 aliphatic carbocycles. The molecule has 4 heteroatoms. The number of nitrogens with zero attached hydrogens (tertiary/aromatic N) is 1. The van der Waals surface area contributed by atoms with Gasteiger partial charge in [0.2, 0.25) is 0 Å². The molecule has 1 unspecified atom stereocenters. The fourth-order valence-corrected chi connectivity index (χ4v) is 2.63. The first-order chi connectivity index (χ1) is 8.74. The summed E-state index contributed by atoms with van der Waals surface area (Å²) in [7, 11) is 3.95. The van der Waals surface area contributed by atoms with Crippen LogP contribution in [0, 0.1) is 0 Å². The van der Waals surface area contributed by atoms with Gasteiger partial charge < -0.3 is 10.1 Å². The molecular weight excluding hydrogens is 260 g/mol. The number of ether oxygens (including phenoxy) is 1. The van der Waals surface area contributed by atoms with E-state index in [1.807, 2.05) is 0 Å². The Balaban J connectivity index is 0.00000180. The first-order valence-corrected chi connectivity index (χ1v) is 6.81. The van der Waals surface area contributed by atoms with Gasteiger partial charge in [-0.15, -0.1) is 12.4 Å². The Morgan fingerprint density at radius 1 is 1.37 bits per heavy atom. The number of likely N-dealkylation sites (N-methyl/N-ethyl adjacent to an activating group) is 1.